The fourth-order valence-electron chi connectivity index (χ4n) is 2.47. The number of nitrogens with zero attached hydrogens (tertiary/aromatic N) is 1. The van der Waals surface area contributed by atoms with Gasteiger partial charge in [-0.25, -0.2) is 0 Å². The van der Waals surface area contributed by atoms with Crippen LogP contribution in [0.2, 0.25) is 0 Å². The van der Waals surface area contributed by atoms with Crippen LogP contribution in [0.5, 0.6) is 0 Å². The van der Waals surface area contributed by atoms with Crippen molar-refractivity contribution in [2.45, 2.75) is 44.2 Å². The van der Waals surface area contributed by atoms with E-state index in [1.165, 1.54) is 6.42 Å². The lowest BCUT2D eigenvalue weighted by Gasteiger charge is -2.38. The van der Waals surface area contributed by atoms with Crippen LogP contribution in [-0.2, 0) is 9.53 Å². The van der Waals surface area contributed by atoms with Gasteiger partial charge in [-0.2, -0.15) is 0 Å². The first kappa shape index (κ1) is 11.9. The molecule has 0 spiro atoms. The van der Waals surface area contributed by atoms with Gasteiger partial charge in [0, 0.05) is 26.3 Å². The molecule has 2 aliphatic rings. The topological polar surface area (TPSA) is 55.6 Å². The molecule has 1 aliphatic heterocycles. The highest BCUT2D eigenvalue weighted by atomic mass is 16.5. The number of nitrogens with two attached hydrogens (primary N) is 1. The van der Waals surface area contributed by atoms with Gasteiger partial charge in [-0.3, -0.25) is 4.79 Å². The molecule has 2 rings (SSSR count). The monoisotopic (exact) mass is 226 g/mol. The van der Waals surface area contributed by atoms with E-state index >= 15 is 0 Å². The van der Waals surface area contributed by atoms with E-state index in [1.807, 2.05) is 11.9 Å². The van der Waals surface area contributed by atoms with Crippen molar-refractivity contribution in [3.63, 3.8) is 0 Å². The minimum absolute atomic E-state index is 0.122. The first-order valence-corrected chi connectivity index (χ1v) is 6.30. The molecule has 0 radical (unpaired) electrons. The van der Waals surface area contributed by atoms with Crippen LogP contribution in [0.4, 0.5) is 0 Å². The molecule has 1 unspecified atom stereocenters. The lowest BCUT2D eigenvalue weighted by Crippen LogP contribution is -2.52. The van der Waals surface area contributed by atoms with Crippen LogP contribution in [0.1, 0.15) is 32.1 Å². The minimum atomic E-state index is -0.325. The first-order valence-electron chi connectivity index (χ1n) is 6.30. The molecular formula is C12H22N2O2. The van der Waals surface area contributed by atoms with Crippen LogP contribution < -0.4 is 5.73 Å². The largest absolute Gasteiger partial charge is 0.381 e. The molecule has 1 aliphatic carbocycles. The van der Waals surface area contributed by atoms with E-state index in [1.54, 1.807) is 0 Å². The summed E-state index contributed by atoms with van der Waals surface area (Å²) in [6.45, 7) is 1.50. The number of likely N-dealkylation sites (N-methyl/N-ethyl adjacent to an activating group) is 1. The SMILES string of the molecule is CN(C(=O)C(N)C1CCOCC1)C1CCC1. The van der Waals surface area contributed by atoms with Gasteiger partial charge in [-0.1, -0.05) is 0 Å². The van der Waals surface area contributed by atoms with Crippen LogP contribution in [0.15, 0.2) is 0 Å². The highest BCUT2D eigenvalue weighted by Crippen LogP contribution is 2.26. The van der Waals surface area contributed by atoms with Crippen LogP contribution in [0, 0.1) is 5.92 Å². The number of ether oxygens (including phenoxy) is 1. The second-order valence-electron chi connectivity index (χ2n) is 5.01. The van der Waals surface area contributed by atoms with Crippen molar-refractivity contribution in [2.75, 3.05) is 20.3 Å². The zero-order chi connectivity index (χ0) is 11.5. The van der Waals surface area contributed by atoms with E-state index in [0.29, 0.717) is 12.0 Å². The molecule has 92 valence electrons. The van der Waals surface area contributed by atoms with E-state index in [2.05, 4.69) is 0 Å². The zero-order valence-corrected chi connectivity index (χ0v) is 10.0. The summed E-state index contributed by atoms with van der Waals surface area (Å²) < 4.78 is 5.29. The van der Waals surface area contributed by atoms with Gasteiger partial charge in [0.25, 0.3) is 0 Å². The zero-order valence-electron chi connectivity index (χ0n) is 10.0. The summed E-state index contributed by atoms with van der Waals surface area (Å²) in [5.74, 6) is 0.431. The highest BCUT2D eigenvalue weighted by Gasteiger charge is 2.33. The normalized spacial score (nSPS) is 24.9. The maximum Gasteiger partial charge on any atom is 0.239 e. The fourth-order valence-corrected chi connectivity index (χ4v) is 2.47. The third-order valence-electron chi connectivity index (χ3n) is 4.03. The summed E-state index contributed by atoms with van der Waals surface area (Å²) in [5.41, 5.74) is 6.06. The van der Waals surface area contributed by atoms with E-state index in [-0.39, 0.29) is 11.9 Å². The van der Waals surface area contributed by atoms with Crippen LogP contribution in [-0.4, -0.2) is 43.2 Å². The Balaban J connectivity index is 1.86. The maximum absolute atomic E-state index is 12.1. The quantitative estimate of drug-likeness (QED) is 0.772. The van der Waals surface area contributed by atoms with Gasteiger partial charge in [-0.15, -0.1) is 0 Å². The van der Waals surface area contributed by atoms with E-state index in [0.717, 1.165) is 38.9 Å². The van der Waals surface area contributed by atoms with Crippen molar-refractivity contribution in [2.24, 2.45) is 11.7 Å². The molecular weight excluding hydrogens is 204 g/mol. The predicted octanol–water partition coefficient (Wildman–Crippen LogP) is 0.751. The Morgan fingerprint density at radius 1 is 1.31 bits per heavy atom. The summed E-state index contributed by atoms with van der Waals surface area (Å²) in [6, 6.07) is 0.118. The Bertz CT molecular complexity index is 247. The molecule has 0 bridgehead atoms. The van der Waals surface area contributed by atoms with Gasteiger partial charge < -0.3 is 15.4 Å². The molecule has 16 heavy (non-hydrogen) atoms. The Kier molecular flexibility index (Phi) is 3.82. The van der Waals surface area contributed by atoms with Gasteiger partial charge in [0.15, 0.2) is 0 Å². The lowest BCUT2D eigenvalue weighted by atomic mass is 9.88. The third-order valence-corrected chi connectivity index (χ3v) is 4.03. The molecule has 1 heterocycles. The Labute approximate surface area is 97.1 Å². The van der Waals surface area contributed by atoms with E-state index < -0.39 is 0 Å². The molecule has 4 nitrogen and oxygen atoms in total. The lowest BCUT2D eigenvalue weighted by molar-refractivity contribution is -0.137. The average Bonchev–Trinajstić information content (AvgIpc) is 2.26. The predicted molar refractivity (Wildman–Crippen MR) is 61.9 cm³/mol. The van der Waals surface area contributed by atoms with E-state index in [4.69, 9.17) is 10.5 Å². The summed E-state index contributed by atoms with van der Waals surface area (Å²) >= 11 is 0. The number of rotatable bonds is 3. The molecule has 2 fully saturated rings. The number of carbonyl (C=O) groups is 1. The number of carbonyl (C=O) groups excluding carboxylic acids is 1. The number of hydrogen-bond acceptors (Lipinski definition) is 3. The second kappa shape index (κ2) is 5.15. The molecule has 4 heteroatoms. The molecule has 1 amide bonds. The summed E-state index contributed by atoms with van der Waals surface area (Å²) in [4.78, 5) is 14.0. The second-order valence-corrected chi connectivity index (χ2v) is 5.01. The maximum atomic E-state index is 12.1. The summed E-state index contributed by atoms with van der Waals surface area (Å²) in [7, 11) is 1.89. The summed E-state index contributed by atoms with van der Waals surface area (Å²) in [6.07, 6.45) is 5.37. The molecule has 0 aromatic rings. The van der Waals surface area contributed by atoms with Gasteiger partial charge in [0.2, 0.25) is 5.91 Å². The number of amides is 1. The molecule has 0 aromatic heterocycles. The molecule has 1 saturated carbocycles. The van der Waals surface area contributed by atoms with Crippen LogP contribution in [0.3, 0.4) is 0 Å². The Hall–Kier alpha value is -0.610. The smallest absolute Gasteiger partial charge is 0.239 e. The van der Waals surface area contributed by atoms with Crippen molar-refractivity contribution < 1.29 is 9.53 Å². The van der Waals surface area contributed by atoms with Crippen molar-refractivity contribution >= 4 is 5.91 Å². The molecule has 1 atom stereocenters. The minimum Gasteiger partial charge on any atom is -0.381 e. The van der Waals surface area contributed by atoms with Crippen LogP contribution >= 0.6 is 0 Å². The highest BCUT2D eigenvalue weighted by molar-refractivity contribution is 5.82. The number of hydrogen-bond donors (Lipinski definition) is 1. The van der Waals surface area contributed by atoms with Crippen molar-refractivity contribution in [3.8, 4) is 0 Å². The van der Waals surface area contributed by atoms with Crippen molar-refractivity contribution in [1.82, 2.24) is 4.90 Å². The summed E-state index contributed by atoms with van der Waals surface area (Å²) in [5, 5.41) is 0. The standard InChI is InChI=1S/C12H22N2O2/c1-14(10-3-2-4-10)12(15)11(13)9-5-7-16-8-6-9/h9-11H,2-8,13H2,1H3. The third kappa shape index (κ3) is 2.38. The fraction of sp³-hybridized carbons (Fsp3) is 0.917. The van der Waals surface area contributed by atoms with Gasteiger partial charge in [0.05, 0.1) is 6.04 Å². The van der Waals surface area contributed by atoms with E-state index in [9.17, 15) is 4.79 Å². The van der Waals surface area contributed by atoms with Crippen molar-refractivity contribution in [1.29, 1.82) is 0 Å². The Morgan fingerprint density at radius 3 is 2.44 bits per heavy atom. The van der Waals surface area contributed by atoms with Gasteiger partial charge in [0.1, 0.15) is 0 Å². The first-order chi connectivity index (χ1) is 7.70. The van der Waals surface area contributed by atoms with Gasteiger partial charge >= 0.3 is 0 Å². The van der Waals surface area contributed by atoms with Gasteiger partial charge in [-0.05, 0) is 38.0 Å². The molecule has 2 N–H and O–H groups in total. The Morgan fingerprint density at radius 2 is 1.94 bits per heavy atom. The molecule has 0 aromatic carbocycles. The average molecular weight is 226 g/mol. The molecule has 1 saturated heterocycles. The van der Waals surface area contributed by atoms with Crippen LogP contribution in [0.25, 0.3) is 0 Å². The van der Waals surface area contributed by atoms with Crippen molar-refractivity contribution in [3.05, 3.63) is 0 Å².